The lowest BCUT2D eigenvalue weighted by Crippen LogP contribution is -2.41. The summed E-state index contributed by atoms with van der Waals surface area (Å²) in [6, 6.07) is 29.2. The number of ether oxygens (including phenoxy) is 1. The Morgan fingerprint density at radius 1 is 0.957 bits per heavy atom. The molecule has 2 atom stereocenters. The number of rotatable bonds is 8. The summed E-state index contributed by atoms with van der Waals surface area (Å²) in [5.74, 6) is 1.49. The minimum atomic E-state index is -0.788. The number of nitrogens with one attached hydrogen (secondary N) is 1. The minimum absolute atomic E-state index is 0.115. The number of benzene rings is 3. The number of imidazole rings is 1. The van der Waals surface area contributed by atoms with Crippen molar-refractivity contribution in [1.82, 2.24) is 24.8 Å². The molecule has 3 aromatic carbocycles. The summed E-state index contributed by atoms with van der Waals surface area (Å²) in [4.78, 5) is 34.2. The fourth-order valence-corrected chi connectivity index (χ4v) is 6.26. The van der Waals surface area contributed by atoms with E-state index in [1.807, 2.05) is 99.8 Å². The number of para-hydroxylation sites is 2. The zero-order chi connectivity index (χ0) is 31.7. The van der Waals surface area contributed by atoms with Crippen molar-refractivity contribution in [2.24, 2.45) is 0 Å². The Kier molecular flexibility index (Phi) is 7.96. The van der Waals surface area contributed by atoms with Gasteiger partial charge in [-0.1, -0.05) is 60.7 Å². The van der Waals surface area contributed by atoms with Gasteiger partial charge < -0.3 is 14.1 Å². The molecule has 3 heterocycles. The summed E-state index contributed by atoms with van der Waals surface area (Å²) >= 11 is 0. The Morgan fingerprint density at radius 2 is 1.74 bits per heavy atom. The quantitative estimate of drug-likeness (QED) is 0.173. The second kappa shape index (κ2) is 12.4. The highest BCUT2D eigenvalue weighted by molar-refractivity contribution is 5.80. The van der Waals surface area contributed by atoms with Gasteiger partial charge in [0, 0.05) is 23.9 Å². The molecule has 0 fully saturated rings. The number of fused-ring (bicyclic) bond motifs is 2. The molecule has 2 unspecified atom stereocenters. The third kappa shape index (κ3) is 6.21. The summed E-state index contributed by atoms with van der Waals surface area (Å²) < 4.78 is 12.2. The van der Waals surface area contributed by atoms with Crippen LogP contribution in [0.2, 0.25) is 0 Å². The number of nitrogens with zero attached hydrogens (tertiary/aromatic N) is 4. The molecule has 46 heavy (non-hydrogen) atoms. The topological polar surface area (TPSA) is 97.1 Å². The number of H-pyrrole nitrogens is 1. The van der Waals surface area contributed by atoms with E-state index in [-0.39, 0.29) is 12.0 Å². The van der Waals surface area contributed by atoms with E-state index < -0.39 is 11.6 Å². The molecule has 8 heteroatoms. The van der Waals surface area contributed by atoms with Crippen LogP contribution in [-0.4, -0.2) is 36.4 Å². The standard InChI is InChI=1S/C38H37N5O3/c1-38(2,3)46-37(44)34(35-41-29-15-7-8-16-30(29)42-35)43(31-17-9-13-27-14-10-22-39-33(27)31)24-25-18-20-28(21-19-25)36-40-23-32(45-36)26-11-5-4-6-12-26/h4-8,10-12,14-16,18-23,31,34H,9,13,17,24H2,1-3H3,(H,41,42). The lowest BCUT2D eigenvalue weighted by molar-refractivity contribution is -0.164. The average Bonchev–Trinajstić information content (AvgIpc) is 3.72. The molecular formula is C38H37N5O3. The maximum Gasteiger partial charge on any atom is 0.331 e. The summed E-state index contributed by atoms with van der Waals surface area (Å²) in [6.45, 7) is 6.16. The lowest BCUT2D eigenvalue weighted by Gasteiger charge is -2.39. The number of carbonyl (C=O) groups is 1. The molecule has 1 aliphatic carbocycles. The molecule has 3 aromatic heterocycles. The van der Waals surface area contributed by atoms with Gasteiger partial charge in [0.15, 0.2) is 11.8 Å². The number of aryl methyl sites for hydroxylation is 1. The first-order valence-electron chi connectivity index (χ1n) is 15.8. The van der Waals surface area contributed by atoms with Crippen LogP contribution in [0.4, 0.5) is 0 Å². The van der Waals surface area contributed by atoms with Crippen molar-refractivity contribution in [3.8, 4) is 22.8 Å². The van der Waals surface area contributed by atoms with E-state index in [2.05, 4.69) is 33.1 Å². The van der Waals surface area contributed by atoms with Crippen molar-refractivity contribution in [2.45, 2.75) is 64.3 Å². The van der Waals surface area contributed by atoms with E-state index in [0.717, 1.165) is 58.4 Å². The Morgan fingerprint density at radius 3 is 2.52 bits per heavy atom. The molecule has 0 radical (unpaired) electrons. The maximum absolute atomic E-state index is 14.2. The number of hydrogen-bond donors (Lipinski definition) is 1. The largest absolute Gasteiger partial charge is 0.458 e. The van der Waals surface area contributed by atoms with E-state index in [0.29, 0.717) is 18.3 Å². The molecule has 0 saturated heterocycles. The fourth-order valence-electron chi connectivity index (χ4n) is 6.26. The van der Waals surface area contributed by atoms with Crippen molar-refractivity contribution in [3.63, 3.8) is 0 Å². The van der Waals surface area contributed by atoms with E-state index >= 15 is 0 Å². The molecule has 1 N–H and O–H groups in total. The van der Waals surface area contributed by atoms with Gasteiger partial charge in [0.05, 0.1) is 29.0 Å². The normalized spacial score (nSPS) is 15.5. The van der Waals surface area contributed by atoms with Gasteiger partial charge in [0.1, 0.15) is 11.4 Å². The fraction of sp³-hybridized carbons (Fsp3) is 0.263. The van der Waals surface area contributed by atoms with Crippen molar-refractivity contribution in [1.29, 1.82) is 0 Å². The number of hydrogen-bond acceptors (Lipinski definition) is 7. The van der Waals surface area contributed by atoms with Gasteiger partial charge in [-0.3, -0.25) is 9.88 Å². The van der Waals surface area contributed by atoms with Gasteiger partial charge in [-0.05, 0) is 81.5 Å². The Hall–Kier alpha value is -5.08. The molecule has 232 valence electrons. The highest BCUT2D eigenvalue weighted by atomic mass is 16.6. The van der Waals surface area contributed by atoms with Crippen molar-refractivity contribution < 1.29 is 13.9 Å². The number of oxazole rings is 1. The molecule has 7 rings (SSSR count). The van der Waals surface area contributed by atoms with Gasteiger partial charge in [0.2, 0.25) is 5.89 Å². The van der Waals surface area contributed by atoms with Crippen LogP contribution >= 0.6 is 0 Å². The van der Waals surface area contributed by atoms with Crippen molar-refractivity contribution in [3.05, 3.63) is 126 Å². The van der Waals surface area contributed by atoms with E-state index in [9.17, 15) is 4.79 Å². The zero-order valence-electron chi connectivity index (χ0n) is 26.3. The smallest absolute Gasteiger partial charge is 0.331 e. The molecule has 8 nitrogen and oxygen atoms in total. The number of aromatic amines is 1. The van der Waals surface area contributed by atoms with Crippen molar-refractivity contribution >= 4 is 17.0 Å². The molecule has 6 aromatic rings. The third-order valence-electron chi connectivity index (χ3n) is 8.32. The van der Waals surface area contributed by atoms with Crippen LogP contribution in [0.3, 0.4) is 0 Å². The second-order valence-electron chi connectivity index (χ2n) is 12.8. The summed E-state index contributed by atoms with van der Waals surface area (Å²) in [7, 11) is 0. The van der Waals surface area contributed by atoms with Gasteiger partial charge in [-0.25, -0.2) is 14.8 Å². The molecule has 0 aliphatic heterocycles. The third-order valence-corrected chi connectivity index (χ3v) is 8.32. The zero-order valence-corrected chi connectivity index (χ0v) is 26.3. The average molecular weight is 612 g/mol. The SMILES string of the molecule is CC(C)(C)OC(=O)C(c1nc2ccccc2[nH]1)N(Cc1ccc(-c2ncc(-c3ccccc3)o2)cc1)C1CCCc2cccnc21. The molecule has 0 amide bonds. The Bertz CT molecular complexity index is 1920. The number of aromatic nitrogens is 4. The Labute approximate surface area is 268 Å². The first-order valence-corrected chi connectivity index (χ1v) is 15.8. The van der Waals surface area contributed by atoms with Gasteiger partial charge in [0.25, 0.3) is 0 Å². The summed E-state index contributed by atoms with van der Waals surface area (Å²) in [5, 5.41) is 0. The Balaban J connectivity index is 1.27. The number of esters is 1. The van der Waals surface area contributed by atoms with Gasteiger partial charge in [-0.15, -0.1) is 0 Å². The highest BCUT2D eigenvalue weighted by Crippen LogP contribution is 2.40. The van der Waals surface area contributed by atoms with E-state index in [1.165, 1.54) is 5.56 Å². The molecular weight excluding hydrogens is 574 g/mol. The number of pyridine rings is 1. The molecule has 0 spiro atoms. The van der Waals surface area contributed by atoms with Gasteiger partial charge in [-0.2, -0.15) is 0 Å². The minimum Gasteiger partial charge on any atom is -0.458 e. The first-order chi connectivity index (χ1) is 22.3. The van der Waals surface area contributed by atoms with Gasteiger partial charge >= 0.3 is 5.97 Å². The lowest BCUT2D eigenvalue weighted by atomic mass is 9.89. The van der Waals surface area contributed by atoms with Crippen molar-refractivity contribution in [2.75, 3.05) is 0 Å². The monoisotopic (exact) mass is 611 g/mol. The van der Waals surface area contributed by atoms with Crippen LogP contribution in [0.15, 0.2) is 108 Å². The van der Waals surface area contributed by atoms with E-state index in [4.69, 9.17) is 19.1 Å². The highest BCUT2D eigenvalue weighted by Gasteiger charge is 2.40. The van der Waals surface area contributed by atoms with Crippen LogP contribution in [0, 0.1) is 0 Å². The van der Waals surface area contributed by atoms with Crippen LogP contribution in [0.5, 0.6) is 0 Å². The van der Waals surface area contributed by atoms with Crippen LogP contribution in [-0.2, 0) is 22.5 Å². The maximum atomic E-state index is 14.2. The van der Waals surface area contributed by atoms with Crippen LogP contribution in [0.1, 0.15) is 68.3 Å². The second-order valence-corrected chi connectivity index (χ2v) is 12.8. The summed E-state index contributed by atoms with van der Waals surface area (Å²) in [5.41, 5.74) is 6.11. The summed E-state index contributed by atoms with van der Waals surface area (Å²) in [6.07, 6.45) is 6.42. The predicted octanol–water partition coefficient (Wildman–Crippen LogP) is 8.24. The first kappa shape index (κ1) is 29.6. The predicted molar refractivity (Wildman–Crippen MR) is 178 cm³/mol. The van der Waals surface area contributed by atoms with Crippen LogP contribution < -0.4 is 0 Å². The number of carbonyl (C=O) groups excluding carboxylic acids is 1. The van der Waals surface area contributed by atoms with Crippen LogP contribution in [0.25, 0.3) is 33.8 Å². The molecule has 0 bridgehead atoms. The molecule has 0 saturated carbocycles. The molecule has 1 aliphatic rings. The van der Waals surface area contributed by atoms with E-state index in [1.54, 1.807) is 6.20 Å².